The number of likely N-dealkylation sites (tertiary alicyclic amines) is 1. The fraction of sp³-hybridized carbons (Fsp3) is 0.632. The summed E-state index contributed by atoms with van der Waals surface area (Å²) in [4.78, 5) is 73.8. The van der Waals surface area contributed by atoms with E-state index in [1.807, 2.05) is 70.0 Å². The van der Waals surface area contributed by atoms with Crippen LogP contribution < -0.4 is 10.6 Å². The third-order valence-corrected chi connectivity index (χ3v) is 10.6. The summed E-state index contributed by atoms with van der Waals surface area (Å²) >= 11 is 1.17. The monoisotopic (exact) mass is 743 g/mol. The lowest BCUT2D eigenvalue weighted by Gasteiger charge is -2.37. The van der Waals surface area contributed by atoms with E-state index in [9.17, 15) is 29.1 Å². The Morgan fingerprint density at radius 2 is 1.73 bits per heavy atom. The largest absolute Gasteiger partial charge is 0.469 e. The van der Waals surface area contributed by atoms with Crippen molar-refractivity contribution in [3.63, 3.8) is 0 Å². The summed E-state index contributed by atoms with van der Waals surface area (Å²) in [7, 11) is 4.88. The summed E-state index contributed by atoms with van der Waals surface area (Å²) < 4.78 is 10.6. The summed E-state index contributed by atoms with van der Waals surface area (Å²) in [5.74, 6) is -3.05. The quantitative estimate of drug-likeness (QED) is 0.191. The summed E-state index contributed by atoms with van der Waals surface area (Å²) in [5.41, 5.74) is 1.04. The molecule has 14 heteroatoms. The number of ether oxygens (including phenoxy) is 2. The fourth-order valence-electron chi connectivity index (χ4n) is 6.70. The van der Waals surface area contributed by atoms with Crippen LogP contribution in [0, 0.1) is 17.8 Å². The van der Waals surface area contributed by atoms with Crippen molar-refractivity contribution in [3.8, 4) is 0 Å². The summed E-state index contributed by atoms with van der Waals surface area (Å²) in [6.07, 6.45) is 2.65. The normalized spacial score (nSPS) is 17.8. The van der Waals surface area contributed by atoms with Crippen LogP contribution in [0.4, 0.5) is 0 Å². The van der Waals surface area contributed by atoms with E-state index in [0.29, 0.717) is 11.4 Å². The molecule has 2 aromatic rings. The average molecular weight is 744 g/mol. The number of hydrogen-bond donors (Lipinski definition) is 3. The highest BCUT2D eigenvalue weighted by Crippen LogP contribution is 2.31. The molecular weight excluding hydrogens is 687 g/mol. The molecule has 6 unspecified atom stereocenters. The van der Waals surface area contributed by atoms with Gasteiger partial charge < -0.3 is 30.1 Å². The number of methoxy groups -OCH3 is 1. The van der Waals surface area contributed by atoms with Gasteiger partial charge in [0.1, 0.15) is 16.7 Å². The molecule has 0 spiro atoms. The van der Waals surface area contributed by atoms with Crippen molar-refractivity contribution in [3.05, 3.63) is 52.0 Å². The molecule has 2 heterocycles. The molecule has 0 radical (unpaired) electrons. The van der Waals surface area contributed by atoms with Crippen LogP contribution in [0.3, 0.4) is 0 Å². The number of rotatable bonds is 18. The van der Waals surface area contributed by atoms with Crippen LogP contribution in [0.5, 0.6) is 0 Å². The van der Waals surface area contributed by atoms with Crippen LogP contribution >= 0.6 is 11.3 Å². The molecule has 6 atom stereocenters. The molecule has 1 saturated heterocycles. The molecule has 0 aliphatic carbocycles. The van der Waals surface area contributed by atoms with E-state index in [0.717, 1.165) is 31.4 Å². The predicted octanol–water partition coefficient (Wildman–Crippen LogP) is 3.76. The lowest BCUT2D eigenvalue weighted by Crippen LogP contribution is -2.57. The van der Waals surface area contributed by atoms with Gasteiger partial charge in [-0.05, 0) is 56.7 Å². The van der Waals surface area contributed by atoms with Gasteiger partial charge in [0.15, 0.2) is 6.10 Å². The lowest BCUT2D eigenvalue weighted by molar-refractivity contribution is -0.149. The number of hydrogen-bond acceptors (Lipinski definition) is 11. The van der Waals surface area contributed by atoms with Crippen LogP contribution in [0.1, 0.15) is 93.9 Å². The van der Waals surface area contributed by atoms with E-state index in [1.54, 1.807) is 17.3 Å². The molecule has 52 heavy (non-hydrogen) atoms. The molecule has 1 aliphatic rings. The Morgan fingerprint density at radius 1 is 1.04 bits per heavy atom. The number of piperidine rings is 1. The first kappa shape index (κ1) is 42.5. The van der Waals surface area contributed by atoms with Crippen molar-refractivity contribution in [2.24, 2.45) is 17.8 Å². The highest BCUT2D eigenvalue weighted by atomic mass is 32.1. The second kappa shape index (κ2) is 20.4. The first-order chi connectivity index (χ1) is 24.7. The van der Waals surface area contributed by atoms with Crippen molar-refractivity contribution >= 4 is 41.0 Å². The Labute approximate surface area is 311 Å². The van der Waals surface area contributed by atoms with Crippen LogP contribution in [0.2, 0.25) is 0 Å². The van der Waals surface area contributed by atoms with Crippen molar-refractivity contribution in [2.45, 2.75) is 103 Å². The maximum absolute atomic E-state index is 14.0. The van der Waals surface area contributed by atoms with Crippen molar-refractivity contribution in [2.75, 3.05) is 34.4 Å². The van der Waals surface area contributed by atoms with Gasteiger partial charge in [-0.3, -0.25) is 28.9 Å². The maximum atomic E-state index is 14.0. The number of nitrogens with one attached hydrogen (secondary N) is 2. The number of aliphatic hydroxyl groups is 1. The second-order valence-electron chi connectivity index (χ2n) is 14.4. The van der Waals surface area contributed by atoms with Gasteiger partial charge in [0.2, 0.25) is 11.8 Å². The molecule has 3 rings (SSSR count). The number of aliphatic hydroxyl groups excluding tert-OH is 1. The summed E-state index contributed by atoms with van der Waals surface area (Å²) in [6, 6.07) is 7.50. The molecule has 3 amide bonds. The number of carbonyl (C=O) groups excluding carboxylic acids is 5. The van der Waals surface area contributed by atoms with Gasteiger partial charge >= 0.3 is 11.9 Å². The van der Waals surface area contributed by atoms with Gasteiger partial charge in [0, 0.05) is 37.9 Å². The van der Waals surface area contributed by atoms with Crippen molar-refractivity contribution in [1.29, 1.82) is 0 Å². The molecule has 0 saturated carbocycles. The third kappa shape index (κ3) is 12.1. The van der Waals surface area contributed by atoms with Gasteiger partial charge in [-0.25, -0.2) is 4.98 Å². The number of amides is 3. The molecule has 1 aliphatic heterocycles. The molecule has 1 fully saturated rings. The Bertz CT molecular complexity index is 1480. The smallest absolute Gasteiger partial charge is 0.311 e. The van der Waals surface area contributed by atoms with E-state index >= 15 is 0 Å². The highest BCUT2D eigenvalue weighted by molar-refractivity contribution is 7.09. The number of carbonyl (C=O) groups is 5. The second-order valence-corrected chi connectivity index (χ2v) is 15.3. The number of benzene rings is 1. The van der Waals surface area contributed by atoms with Crippen LogP contribution in [0.15, 0.2) is 35.7 Å². The molecular formula is C38H57N5O8S. The highest BCUT2D eigenvalue weighted by Gasteiger charge is 2.37. The van der Waals surface area contributed by atoms with Gasteiger partial charge in [-0.15, -0.1) is 11.3 Å². The zero-order valence-electron chi connectivity index (χ0n) is 31.8. The first-order valence-electron chi connectivity index (χ1n) is 18.1. The standard InChI is InChI=1S/C38H57N5O8S/c1-23(2)31(43(7)37(48)33(24(3)4)41-35(47)30-16-12-13-17-42(30)6)20-32(51-25(5)45)36-40-29(22-52-36)34(46)39-28(18-26-14-10-9-11-15-26)19-27(21-44)38(49)50-8/h9-11,14-15,22-24,27-28,30-33,44H,12-13,16-21H2,1-8H3,(H,39,46)(H,41,47). The van der Waals surface area contributed by atoms with Crippen LogP contribution in [0.25, 0.3) is 0 Å². The molecule has 3 N–H and O–H groups in total. The van der Waals surface area contributed by atoms with Crippen LogP contribution in [-0.2, 0) is 35.1 Å². The van der Waals surface area contributed by atoms with E-state index in [-0.39, 0.29) is 48.2 Å². The predicted molar refractivity (Wildman–Crippen MR) is 198 cm³/mol. The van der Waals surface area contributed by atoms with Crippen LogP contribution in [-0.4, -0.2) is 108 Å². The number of esters is 2. The Morgan fingerprint density at radius 3 is 2.31 bits per heavy atom. The van der Waals surface area contributed by atoms with E-state index in [4.69, 9.17) is 9.47 Å². The first-order valence-corrected chi connectivity index (χ1v) is 19.0. The van der Waals surface area contributed by atoms with Gasteiger partial charge in [0.05, 0.1) is 25.7 Å². The molecule has 1 aromatic carbocycles. The number of nitrogens with zero attached hydrogens (tertiary/aromatic N) is 3. The topological polar surface area (TPSA) is 167 Å². The Balaban J connectivity index is 1.81. The zero-order valence-corrected chi connectivity index (χ0v) is 32.6. The third-order valence-electron chi connectivity index (χ3n) is 9.70. The lowest BCUT2D eigenvalue weighted by atomic mass is 9.94. The van der Waals surface area contributed by atoms with Gasteiger partial charge in [-0.1, -0.05) is 64.4 Å². The Hall–Kier alpha value is -3.88. The number of thiazole rings is 1. The fourth-order valence-corrected chi connectivity index (χ4v) is 7.53. The minimum atomic E-state index is -0.854. The van der Waals surface area contributed by atoms with Crippen molar-refractivity contribution in [1.82, 2.24) is 25.4 Å². The van der Waals surface area contributed by atoms with Crippen molar-refractivity contribution < 1.29 is 38.6 Å². The maximum Gasteiger partial charge on any atom is 0.311 e. The minimum Gasteiger partial charge on any atom is -0.469 e. The number of aromatic nitrogens is 1. The van der Waals surface area contributed by atoms with E-state index < -0.39 is 54.6 Å². The average Bonchev–Trinajstić information content (AvgIpc) is 3.61. The molecule has 1 aromatic heterocycles. The van der Waals surface area contributed by atoms with Gasteiger partial charge in [-0.2, -0.15) is 0 Å². The molecule has 0 bridgehead atoms. The molecule has 13 nitrogen and oxygen atoms in total. The minimum absolute atomic E-state index is 0.0595. The Kier molecular flexibility index (Phi) is 16.7. The van der Waals surface area contributed by atoms with E-state index in [1.165, 1.54) is 25.4 Å². The molecule has 288 valence electrons. The zero-order chi connectivity index (χ0) is 38.5. The van der Waals surface area contributed by atoms with E-state index in [2.05, 4.69) is 15.6 Å². The SMILES string of the molecule is COC(=O)C(CO)CC(Cc1ccccc1)NC(=O)c1csc(C(CC(C(C)C)N(C)C(=O)C(NC(=O)C2CCCCN2C)C(C)C)OC(C)=O)n1. The van der Waals surface area contributed by atoms with Gasteiger partial charge in [0.25, 0.3) is 5.91 Å². The summed E-state index contributed by atoms with van der Waals surface area (Å²) in [6.45, 7) is 9.45. The summed E-state index contributed by atoms with van der Waals surface area (Å²) in [5, 5.41) is 17.8. The number of likely N-dealkylation sites (N-methyl/N-ethyl adjacent to an activating group) is 2.